The molecule has 1 aromatic heterocycles. The fraction of sp³-hybridized carbons (Fsp3) is 0.286. The van der Waals surface area contributed by atoms with Crippen molar-refractivity contribution in [3.05, 3.63) is 75.1 Å². The van der Waals surface area contributed by atoms with E-state index in [1.54, 1.807) is 24.5 Å². The number of non-ortho nitro benzene ring substituents is 1. The number of halogens is 1. The second-order valence-corrected chi connectivity index (χ2v) is 8.41. The number of hydrogen-bond donors (Lipinski definition) is 0. The number of β-lactam (4-membered cyclic amide) rings is 1. The number of hydrogen-bond acceptors (Lipinski definition) is 7. The lowest BCUT2D eigenvalue weighted by Gasteiger charge is -2.44. The number of carbonyl (C=O) groups is 2. The van der Waals surface area contributed by atoms with Gasteiger partial charge in [0, 0.05) is 40.7 Å². The number of thioether (sulfide) groups is 1. The zero-order valence-corrected chi connectivity index (χ0v) is 17.3. The highest BCUT2D eigenvalue weighted by Gasteiger charge is 2.57. The number of esters is 1. The molecule has 2 aliphatic rings. The molecule has 160 valence electrons. The minimum absolute atomic E-state index is 0.0648. The minimum Gasteiger partial charge on any atom is -0.456 e. The fourth-order valence-electron chi connectivity index (χ4n) is 3.77. The first kappa shape index (κ1) is 21.0. The molecule has 3 atom stereocenters. The summed E-state index contributed by atoms with van der Waals surface area (Å²) in [7, 11) is 0. The lowest BCUT2D eigenvalue weighted by molar-refractivity contribution is -0.384. The van der Waals surface area contributed by atoms with Gasteiger partial charge in [-0.2, -0.15) is 0 Å². The number of alkyl halides is 1. The van der Waals surface area contributed by atoms with Crippen LogP contribution in [0, 0.1) is 16.0 Å². The molecule has 0 unspecified atom stereocenters. The van der Waals surface area contributed by atoms with Crippen LogP contribution >= 0.6 is 11.8 Å². The number of fused-ring (bicyclic) bond motifs is 1. The average Bonchev–Trinajstić information content (AvgIpc) is 3.06. The molecule has 0 saturated carbocycles. The molecule has 0 bridgehead atoms. The molecular formula is C21H18FN3O5S. The number of pyridine rings is 1. The largest absolute Gasteiger partial charge is 0.456 e. The van der Waals surface area contributed by atoms with Gasteiger partial charge < -0.3 is 9.64 Å². The van der Waals surface area contributed by atoms with Gasteiger partial charge in [-0.15, -0.1) is 0 Å². The maximum atomic E-state index is 13.9. The Hall–Kier alpha value is -3.27. The summed E-state index contributed by atoms with van der Waals surface area (Å²) in [5.74, 6) is -1.88. The van der Waals surface area contributed by atoms with Gasteiger partial charge >= 0.3 is 5.97 Å². The third-order valence-electron chi connectivity index (χ3n) is 5.26. The molecule has 0 radical (unpaired) electrons. The molecule has 1 aromatic carbocycles. The van der Waals surface area contributed by atoms with Gasteiger partial charge in [0.1, 0.15) is 18.5 Å². The molecule has 0 N–H and O–H groups in total. The smallest absolute Gasteiger partial charge is 0.356 e. The van der Waals surface area contributed by atoms with Gasteiger partial charge in [0.05, 0.1) is 16.9 Å². The second kappa shape index (κ2) is 8.46. The van der Waals surface area contributed by atoms with Gasteiger partial charge in [0.25, 0.3) is 5.69 Å². The molecular weight excluding hydrogens is 425 g/mol. The molecule has 3 heterocycles. The van der Waals surface area contributed by atoms with Crippen molar-refractivity contribution in [1.29, 1.82) is 0 Å². The van der Waals surface area contributed by atoms with Crippen LogP contribution in [0.15, 0.2) is 64.3 Å². The maximum absolute atomic E-state index is 13.9. The summed E-state index contributed by atoms with van der Waals surface area (Å²) in [4.78, 5) is 42.5. The van der Waals surface area contributed by atoms with E-state index in [4.69, 9.17) is 4.74 Å². The van der Waals surface area contributed by atoms with Gasteiger partial charge in [-0.3, -0.25) is 19.9 Å². The Bertz CT molecular complexity index is 1060. The molecule has 8 nitrogen and oxygen atoms in total. The Morgan fingerprint density at radius 2 is 2.00 bits per heavy atom. The van der Waals surface area contributed by atoms with E-state index in [0.29, 0.717) is 16.9 Å². The molecule has 2 aliphatic heterocycles. The number of amides is 1. The zero-order chi connectivity index (χ0) is 22.1. The summed E-state index contributed by atoms with van der Waals surface area (Å²) in [5, 5.41) is 10.8. The van der Waals surface area contributed by atoms with Crippen LogP contribution in [0.4, 0.5) is 10.1 Å². The Labute approximate surface area is 181 Å². The first-order valence-corrected chi connectivity index (χ1v) is 10.4. The van der Waals surface area contributed by atoms with Crippen LogP contribution in [-0.2, 0) is 20.9 Å². The molecule has 31 heavy (non-hydrogen) atoms. The van der Waals surface area contributed by atoms with Crippen LogP contribution < -0.4 is 0 Å². The van der Waals surface area contributed by atoms with Crippen LogP contribution in [0.1, 0.15) is 18.9 Å². The fourth-order valence-corrected chi connectivity index (χ4v) is 4.84. The Morgan fingerprint density at radius 3 is 2.61 bits per heavy atom. The Morgan fingerprint density at radius 1 is 1.32 bits per heavy atom. The Kier molecular flexibility index (Phi) is 5.73. The molecule has 10 heteroatoms. The average molecular weight is 443 g/mol. The number of nitro groups is 1. The molecule has 1 fully saturated rings. The van der Waals surface area contributed by atoms with Crippen molar-refractivity contribution in [2.75, 3.05) is 0 Å². The van der Waals surface area contributed by atoms with E-state index >= 15 is 0 Å². The van der Waals surface area contributed by atoms with E-state index in [9.17, 15) is 24.1 Å². The number of carbonyl (C=O) groups excluding carboxylic acids is 2. The van der Waals surface area contributed by atoms with E-state index in [1.807, 2.05) is 0 Å². The zero-order valence-electron chi connectivity index (χ0n) is 16.4. The van der Waals surface area contributed by atoms with Crippen molar-refractivity contribution in [3.8, 4) is 0 Å². The van der Waals surface area contributed by atoms with Crippen molar-refractivity contribution < 1.29 is 23.6 Å². The summed E-state index contributed by atoms with van der Waals surface area (Å²) in [5.41, 5.74) is 0.642. The molecule has 4 rings (SSSR count). The van der Waals surface area contributed by atoms with Gasteiger partial charge in [-0.25, -0.2) is 9.18 Å². The van der Waals surface area contributed by atoms with Crippen LogP contribution in [0.25, 0.3) is 0 Å². The van der Waals surface area contributed by atoms with Crippen molar-refractivity contribution in [2.24, 2.45) is 5.92 Å². The van der Waals surface area contributed by atoms with Crippen LogP contribution in [-0.4, -0.2) is 38.9 Å². The summed E-state index contributed by atoms with van der Waals surface area (Å²) >= 11 is 1.33. The quantitative estimate of drug-likeness (QED) is 0.279. The summed E-state index contributed by atoms with van der Waals surface area (Å²) in [6.07, 6.45) is 2.31. The second-order valence-electron chi connectivity index (χ2n) is 7.24. The van der Waals surface area contributed by atoms with Crippen molar-refractivity contribution in [3.63, 3.8) is 0 Å². The van der Waals surface area contributed by atoms with Crippen molar-refractivity contribution in [2.45, 2.75) is 37.1 Å². The predicted octanol–water partition coefficient (Wildman–Crippen LogP) is 3.63. The van der Waals surface area contributed by atoms with E-state index in [2.05, 4.69) is 4.98 Å². The molecule has 1 amide bonds. The molecule has 0 spiro atoms. The normalized spacial score (nSPS) is 20.8. The third kappa shape index (κ3) is 4.02. The van der Waals surface area contributed by atoms with Gasteiger partial charge in [0.2, 0.25) is 5.91 Å². The van der Waals surface area contributed by atoms with Crippen LogP contribution in [0.3, 0.4) is 0 Å². The molecule has 0 aliphatic carbocycles. The van der Waals surface area contributed by atoms with E-state index in [1.165, 1.54) is 47.9 Å². The van der Waals surface area contributed by atoms with Gasteiger partial charge in [-0.05, 0) is 36.8 Å². The predicted molar refractivity (Wildman–Crippen MR) is 109 cm³/mol. The topological polar surface area (TPSA) is 103 Å². The molecule has 1 saturated heterocycles. The first-order valence-electron chi connectivity index (χ1n) is 9.55. The summed E-state index contributed by atoms with van der Waals surface area (Å²) < 4.78 is 19.3. The van der Waals surface area contributed by atoms with Crippen LogP contribution in [0.5, 0.6) is 0 Å². The summed E-state index contributed by atoms with van der Waals surface area (Å²) in [6.45, 7) is 1.24. The minimum atomic E-state index is -1.31. The van der Waals surface area contributed by atoms with E-state index < -0.39 is 34.9 Å². The van der Waals surface area contributed by atoms with Crippen molar-refractivity contribution >= 4 is 29.3 Å². The number of benzene rings is 1. The highest BCUT2D eigenvalue weighted by molar-refractivity contribution is 8.03. The highest BCUT2D eigenvalue weighted by atomic mass is 32.2. The Balaban J connectivity index is 1.54. The van der Waals surface area contributed by atoms with E-state index in [-0.39, 0.29) is 18.0 Å². The monoisotopic (exact) mass is 443 g/mol. The maximum Gasteiger partial charge on any atom is 0.356 e. The lowest BCUT2D eigenvalue weighted by atomic mass is 9.84. The third-order valence-corrected chi connectivity index (χ3v) is 6.38. The number of ether oxygens (including phenoxy) is 1. The van der Waals surface area contributed by atoms with E-state index in [0.717, 1.165) is 4.90 Å². The highest BCUT2D eigenvalue weighted by Crippen LogP contribution is 2.49. The first-order chi connectivity index (χ1) is 14.9. The van der Waals surface area contributed by atoms with Gasteiger partial charge in [-0.1, -0.05) is 11.8 Å². The van der Waals surface area contributed by atoms with Crippen LogP contribution in [0.2, 0.25) is 0 Å². The SMILES string of the molecule is C[C@@H](F)[C@H]1C(=O)N2C(C(=O)OCc3ccc([N+](=O)[O-])cc3)=C(Sc3ccncc3)C[C@H]12. The van der Waals surface area contributed by atoms with Gasteiger partial charge in [0.15, 0.2) is 0 Å². The summed E-state index contributed by atoms with van der Waals surface area (Å²) in [6, 6.07) is 8.81. The number of nitrogens with zero attached hydrogens (tertiary/aromatic N) is 3. The lowest BCUT2D eigenvalue weighted by Crippen LogP contribution is -2.61. The van der Waals surface area contributed by atoms with Crippen molar-refractivity contribution in [1.82, 2.24) is 9.88 Å². The number of aromatic nitrogens is 1. The number of rotatable bonds is 7. The standard InChI is InChI=1S/C21H18FN3O5S/c1-12(22)18-16-10-17(31-15-6-8-23-9-7-15)19(24(16)20(18)26)21(27)30-11-13-2-4-14(5-3-13)25(28)29/h2-9,12,16,18H,10-11H2,1H3/t12-,16-,18-/m1/s1. The number of nitro benzene ring substituents is 1. The molecule has 2 aromatic rings.